The van der Waals surface area contributed by atoms with Gasteiger partial charge in [0.2, 0.25) is 0 Å². The summed E-state index contributed by atoms with van der Waals surface area (Å²) in [6.45, 7) is 1.28. The fourth-order valence-electron chi connectivity index (χ4n) is 4.82. The zero-order valence-electron chi connectivity index (χ0n) is 18.8. The largest absolute Gasteiger partial charge is 0.494 e. The minimum atomic E-state index is -0.855. The molecule has 0 aliphatic heterocycles. The second-order valence-corrected chi connectivity index (χ2v) is 8.72. The Labute approximate surface area is 193 Å². The summed E-state index contributed by atoms with van der Waals surface area (Å²) in [4.78, 5) is 11.4. The number of fused-ring (bicyclic) bond motifs is 4. The lowest BCUT2D eigenvalue weighted by atomic mass is 10.1. The SMILES string of the molecule is O=C(O)Cn1c2ccccc2c2ccc(OCCCCCOc3ccc4c(c3)CCC4)cc21. The minimum Gasteiger partial charge on any atom is -0.494 e. The molecule has 3 aromatic carbocycles. The molecule has 1 N–H and O–H groups in total. The number of carbonyl (C=O) groups is 1. The van der Waals surface area contributed by atoms with Gasteiger partial charge in [0, 0.05) is 22.4 Å². The van der Waals surface area contributed by atoms with Gasteiger partial charge < -0.3 is 19.1 Å². The summed E-state index contributed by atoms with van der Waals surface area (Å²) in [6, 6.07) is 20.3. The molecule has 0 saturated heterocycles. The van der Waals surface area contributed by atoms with Gasteiger partial charge in [-0.15, -0.1) is 0 Å². The number of nitrogens with zero attached hydrogens (tertiary/aromatic N) is 1. The molecule has 1 aliphatic rings. The number of carboxylic acids is 1. The number of carboxylic acid groups (broad SMARTS) is 1. The summed E-state index contributed by atoms with van der Waals surface area (Å²) in [5, 5.41) is 11.5. The Morgan fingerprint density at radius 2 is 1.48 bits per heavy atom. The predicted octanol–water partition coefficient (Wildman–Crippen LogP) is 6.00. The van der Waals surface area contributed by atoms with Gasteiger partial charge in [0.25, 0.3) is 0 Å². The Balaban J connectivity index is 1.13. The van der Waals surface area contributed by atoms with Crippen LogP contribution < -0.4 is 9.47 Å². The zero-order valence-corrected chi connectivity index (χ0v) is 18.8. The van der Waals surface area contributed by atoms with Crippen molar-refractivity contribution in [3.8, 4) is 11.5 Å². The first kappa shape index (κ1) is 21.4. The number of hydrogen-bond donors (Lipinski definition) is 1. The Morgan fingerprint density at radius 3 is 2.30 bits per heavy atom. The van der Waals surface area contributed by atoms with E-state index in [1.165, 1.54) is 30.4 Å². The highest BCUT2D eigenvalue weighted by Gasteiger charge is 2.13. The summed E-state index contributed by atoms with van der Waals surface area (Å²) in [5.74, 6) is 0.898. The lowest BCUT2D eigenvalue weighted by molar-refractivity contribution is -0.137. The molecule has 5 nitrogen and oxygen atoms in total. The minimum absolute atomic E-state index is 0.0717. The van der Waals surface area contributed by atoms with Gasteiger partial charge >= 0.3 is 5.97 Å². The van der Waals surface area contributed by atoms with Crippen LogP contribution in [0.2, 0.25) is 0 Å². The van der Waals surface area contributed by atoms with Gasteiger partial charge in [0.15, 0.2) is 0 Å². The lowest BCUT2D eigenvalue weighted by Crippen LogP contribution is -2.08. The highest BCUT2D eigenvalue weighted by atomic mass is 16.5. The van der Waals surface area contributed by atoms with Crippen molar-refractivity contribution in [2.45, 2.75) is 45.1 Å². The van der Waals surface area contributed by atoms with Crippen molar-refractivity contribution >= 4 is 27.8 Å². The van der Waals surface area contributed by atoms with Crippen LogP contribution in [0.4, 0.5) is 0 Å². The van der Waals surface area contributed by atoms with E-state index in [-0.39, 0.29) is 6.54 Å². The highest BCUT2D eigenvalue weighted by molar-refractivity contribution is 6.08. The molecule has 5 rings (SSSR count). The van der Waals surface area contributed by atoms with E-state index in [2.05, 4.69) is 18.2 Å². The first-order valence-corrected chi connectivity index (χ1v) is 11.8. The van der Waals surface area contributed by atoms with Crippen LogP contribution in [0, 0.1) is 0 Å². The van der Waals surface area contributed by atoms with Crippen LogP contribution in [0.3, 0.4) is 0 Å². The normalized spacial score (nSPS) is 12.8. The third kappa shape index (κ3) is 4.68. The average Bonchev–Trinajstić information content (AvgIpc) is 3.41. The molecule has 4 aromatic rings. The monoisotopic (exact) mass is 443 g/mol. The van der Waals surface area contributed by atoms with Crippen LogP contribution in [-0.4, -0.2) is 28.9 Å². The molecule has 5 heteroatoms. The topological polar surface area (TPSA) is 60.7 Å². The van der Waals surface area contributed by atoms with Gasteiger partial charge in [0.05, 0.1) is 18.7 Å². The summed E-state index contributed by atoms with van der Waals surface area (Å²) in [7, 11) is 0. The molecule has 1 aromatic heterocycles. The second-order valence-electron chi connectivity index (χ2n) is 8.72. The molecule has 33 heavy (non-hydrogen) atoms. The van der Waals surface area contributed by atoms with Crippen LogP contribution in [0.15, 0.2) is 60.7 Å². The van der Waals surface area contributed by atoms with E-state index in [0.717, 1.165) is 59.2 Å². The van der Waals surface area contributed by atoms with Crippen molar-refractivity contribution in [3.63, 3.8) is 0 Å². The summed E-state index contributed by atoms with van der Waals surface area (Å²) in [5.41, 5.74) is 4.73. The maximum atomic E-state index is 11.4. The van der Waals surface area contributed by atoms with Crippen LogP contribution >= 0.6 is 0 Å². The molecule has 0 atom stereocenters. The number of aromatic nitrogens is 1. The van der Waals surface area contributed by atoms with E-state index in [1.54, 1.807) is 0 Å². The molecule has 0 spiro atoms. The van der Waals surface area contributed by atoms with Gasteiger partial charge in [-0.05, 0) is 80.0 Å². The third-order valence-electron chi connectivity index (χ3n) is 6.43. The number of aryl methyl sites for hydroxylation is 2. The molecule has 0 saturated carbocycles. The van der Waals surface area contributed by atoms with E-state index in [1.807, 2.05) is 47.0 Å². The Morgan fingerprint density at radius 1 is 0.788 bits per heavy atom. The van der Waals surface area contributed by atoms with E-state index in [0.29, 0.717) is 6.61 Å². The third-order valence-corrected chi connectivity index (χ3v) is 6.43. The maximum absolute atomic E-state index is 11.4. The number of benzene rings is 3. The number of hydrogen-bond acceptors (Lipinski definition) is 3. The maximum Gasteiger partial charge on any atom is 0.323 e. The first-order valence-electron chi connectivity index (χ1n) is 11.8. The number of unbranched alkanes of at least 4 members (excludes halogenated alkanes) is 2. The number of para-hydroxylation sites is 1. The number of rotatable bonds is 10. The molecule has 0 unspecified atom stereocenters. The Bertz CT molecular complexity index is 1290. The van der Waals surface area contributed by atoms with Gasteiger partial charge in [-0.1, -0.05) is 24.3 Å². The smallest absolute Gasteiger partial charge is 0.323 e. The van der Waals surface area contributed by atoms with Gasteiger partial charge in [-0.3, -0.25) is 4.79 Å². The zero-order chi connectivity index (χ0) is 22.6. The number of aliphatic carboxylic acids is 1. The van der Waals surface area contributed by atoms with Crippen LogP contribution in [0.25, 0.3) is 21.8 Å². The number of ether oxygens (including phenoxy) is 2. The molecular formula is C28H29NO4. The van der Waals surface area contributed by atoms with Gasteiger partial charge in [-0.2, -0.15) is 0 Å². The molecule has 1 heterocycles. The van der Waals surface area contributed by atoms with Crippen LogP contribution in [0.5, 0.6) is 11.5 Å². The van der Waals surface area contributed by atoms with Crippen LogP contribution in [0.1, 0.15) is 36.8 Å². The molecule has 0 bridgehead atoms. The first-order chi connectivity index (χ1) is 16.2. The van der Waals surface area contributed by atoms with Crippen LogP contribution in [-0.2, 0) is 24.2 Å². The Hall–Kier alpha value is -3.47. The highest BCUT2D eigenvalue weighted by Crippen LogP contribution is 2.31. The van der Waals surface area contributed by atoms with Gasteiger partial charge in [-0.25, -0.2) is 0 Å². The second kappa shape index (κ2) is 9.57. The molecule has 1 aliphatic carbocycles. The summed E-state index contributed by atoms with van der Waals surface area (Å²) < 4.78 is 13.8. The molecule has 170 valence electrons. The fraction of sp³-hybridized carbons (Fsp3) is 0.321. The molecule has 0 radical (unpaired) electrons. The van der Waals surface area contributed by atoms with Crippen molar-refractivity contribution in [2.75, 3.05) is 13.2 Å². The fourth-order valence-corrected chi connectivity index (χ4v) is 4.82. The van der Waals surface area contributed by atoms with E-state index < -0.39 is 5.97 Å². The Kier molecular flexibility index (Phi) is 6.20. The predicted molar refractivity (Wildman–Crippen MR) is 130 cm³/mol. The molecular weight excluding hydrogens is 414 g/mol. The van der Waals surface area contributed by atoms with E-state index in [4.69, 9.17) is 9.47 Å². The summed E-state index contributed by atoms with van der Waals surface area (Å²) >= 11 is 0. The lowest BCUT2D eigenvalue weighted by Gasteiger charge is -2.09. The van der Waals surface area contributed by atoms with Crippen molar-refractivity contribution < 1.29 is 19.4 Å². The molecule has 0 fully saturated rings. The standard InChI is InChI=1S/C28H29NO4/c30-28(31)19-29-26-10-3-2-9-24(26)25-14-13-23(18-27(25)29)33-16-5-1-4-15-32-22-12-11-20-7-6-8-21(20)17-22/h2-3,9-14,17-18H,1,4-8,15-16,19H2,(H,30,31). The van der Waals surface area contributed by atoms with Crippen molar-refractivity contribution in [2.24, 2.45) is 0 Å². The van der Waals surface area contributed by atoms with Crippen molar-refractivity contribution in [1.29, 1.82) is 0 Å². The van der Waals surface area contributed by atoms with Crippen molar-refractivity contribution in [1.82, 2.24) is 4.57 Å². The molecule has 0 amide bonds. The van der Waals surface area contributed by atoms with E-state index >= 15 is 0 Å². The quantitative estimate of drug-likeness (QED) is 0.306. The summed E-state index contributed by atoms with van der Waals surface area (Å²) in [6.07, 6.45) is 6.60. The van der Waals surface area contributed by atoms with Crippen molar-refractivity contribution in [3.05, 3.63) is 71.8 Å². The van der Waals surface area contributed by atoms with Gasteiger partial charge in [0.1, 0.15) is 18.0 Å². The van der Waals surface area contributed by atoms with E-state index in [9.17, 15) is 9.90 Å². The average molecular weight is 444 g/mol.